The number of primary amides is 3. The Bertz CT molecular complexity index is 4330. The molecule has 0 heterocycles. The minimum atomic E-state index is -1.88. The van der Waals surface area contributed by atoms with Crippen LogP contribution in [0.1, 0.15) is 147 Å². The predicted molar refractivity (Wildman–Crippen MR) is 490 cm³/mol. The number of carbonyl (C=O) groups is 19. The molecule has 0 spiro atoms. The van der Waals surface area contributed by atoms with Crippen molar-refractivity contribution < 1.29 is 106 Å². The first-order valence-electron chi connectivity index (χ1n) is 44.1. The van der Waals surface area contributed by atoms with Gasteiger partial charge < -0.3 is 169 Å². The van der Waals surface area contributed by atoms with Crippen molar-refractivity contribution in [3.63, 3.8) is 0 Å². The highest BCUT2D eigenvalue weighted by atomic mass is 19.1. The summed E-state index contributed by atoms with van der Waals surface area (Å²) in [4.78, 5) is 258. The topological polar surface area (TPSA) is 925 Å². The van der Waals surface area contributed by atoms with E-state index in [-0.39, 0.29) is 142 Å². The van der Waals surface area contributed by atoms with Gasteiger partial charge in [0, 0.05) is 32.5 Å². The van der Waals surface area contributed by atoms with Gasteiger partial charge in [-0.05, 0) is 173 Å². The average Bonchev–Trinajstić information content (AvgIpc) is 0.880. The molecule has 2 aromatic carbocycles. The molecule has 53 nitrogen and oxygen atoms in total. The largest absolute Gasteiger partial charge is 0.394 e. The van der Waals surface area contributed by atoms with Gasteiger partial charge in [0.25, 0.3) is 0 Å². The Kier molecular flexibility index (Phi) is 56.1. The van der Waals surface area contributed by atoms with Crippen molar-refractivity contribution >= 4 is 130 Å². The number of aliphatic hydroxyl groups excluding tert-OH is 2. The number of unbranched alkanes of at least 4 members (excludes halogenated alkanes) is 3. The monoisotopic (exact) mass is 1930 g/mol. The van der Waals surface area contributed by atoms with Gasteiger partial charge in [0.05, 0.1) is 44.8 Å². The molecular weight excluding hydrogens is 1790 g/mol. The summed E-state index contributed by atoms with van der Waals surface area (Å²) in [7, 11) is 0. The number of benzene rings is 2. The highest BCUT2D eigenvalue weighted by Gasteiger charge is 2.38. The predicted octanol–water partition coefficient (Wildman–Crippen LogP) is -13.2. The average molecular weight is 1930 g/mol. The molecule has 0 aromatic heterocycles. The van der Waals surface area contributed by atoms with Gasteiger partial charge in [-0.2, -0.15) is 0 Å². The summed E-state index contributed by atoms with van der Waals surface area (Å²) in [5, 5.41) is 90.3. The van der Waals surface area contributed by atoms with Crippen molar-refractivity contribution in [2.75, 3.05) is 65.5 Å². The van der Waals surface area contributed by atoms with Gasteiger partial charge in [0.2, 0.25) is 112 Å². The van der Waals surface area contributed by atoms with Gasteiger partial charge in [0.15, 0.2) is 17.9 Å². The Labute approximate surface area is 784 Å². The number of halogens is 1. The molecule has 758 valence electrons. The number of hydrogen-bond acceptors (Lipinski definition) is 28. The third kappa shape index (κ3) is 49.0. The van der Waals surface area contributed by atoms with Gasteiger partial charge in [-0.25, -0.2) is 4.39 Å². The van der Waals surface area contributed by atoms with E-state index in [1.54, 1.807) is 30.3 Å². The SMILES string of the molecule is C[C@H](NC(=O)CNC(=O)[C@@H](NC(=O)[C@H](Cc1ccc(F)cc1)NC(=O)CNC(=O)CNC(=O)[C@@H](N)Cc1ccccc1)[C@@H](C)O)C(=O)N[C@@H](CCCNC(=N)N)C(=O)N[C@@H](CCCCN)C(=O)N[C@@H](CO)C(=O)N[C@@H](C)C(=O)N[C@@H](CCCNC(=N)N)C(=O)N[C@@H](CCCCN)C(=O)N[C@@H](CCCNC(=N)N)C(=O)N[C@@H](CCCCN)C(=O)N[C@@H](CC(N)=O)C(=O)N[C@@H](CCC(N)=O)C(N)=O. The van der Waals surface area contributed by atoms with Crippen LogP contribution in [0.3, 0.4) is 0 Å². The molecule has 0 fully saturated rings. The Morgan fingerprint density at radius 2 is 0.684 bits per heavy atom. The summed E-state index contributed by atoms with van der Waals surface area (Å²) in [6, 6.07) is -8.48. The number of carbonyl (C=O) groups excluding carboxylic acids is 19. The number of guanidine groups is 3. The van der Waals surface area contributed by atoms with E-state index in [1.165, 1.54) is 19.1 Å². The molecule has 0 saturated heterocycles. The lowest BCUT2D eigenvalue weighted by Crippen LogP contribution is -2.61. The smallest absolute Gasteiger partial charge is 0.245 e. The lowest BCUT2D eigenvalue weighted by atomic mass is 10.0. The van der Waals surface area contributed by atoms with Crippen molar-refractivity contribution in [2.45, 2.75) is 240 Å². The Balaban J connectivity index is 2.39. The minimum absolute atomic E-state index is 0.00212. The first-order valence-corrected chi connectivity index (χ1v) is 44.1. The standard InChI is InChI=1S/C82H137FN32O21/c1-43(103-63(121)41-102-79(136)65(45(3)117)115-77(134)57(37-47-24-26-48(83)27-25-47)105-64(122)40-100-62(120)39-101-69(126)49(87)36-46-16-5-4-6-17-46)67(124)107-54(21-13-33-97-80(91)92)71(128)111-53(20-9-12-32-86)75(132)114-59(42-116)78(135)104-44(2)68(125)108-55(22-14-34-98-81(93)94)72(129)109-51(18-7-10-30-84)70(127)112-56(23-15-35-99-82(95)96)73(130)110-52(19-8-11-31-85)74(131)113-58(38-61(89)119)76(133)106-50(66(90)123)28-29-60(88)118/h4-6,16-17,24-27,43-45,49-59,65,116-117H,7-15,18-23,28-42,84-87H2,1-3H3,(H2,88,118)(H2,89,119)(H2,90,123)(H,100,120)(H,101,126)(H,102,136)(H,103,121)(H,104,135)(H,105,122)(H,106,133)(H,107,124)(H,108,125)(H,109,129)(H,110,130)(H,111,128)(H,112,127)(H,113,131)(H,114,132)(H,115,134)(H4,91,92,97)(H4,93,94,98)(H4,95,96,99)/t43-,44-,45+,49-,50-,51-,52-,53-,54-,55-,56-,57-,58-,59-,65-/m0/s1. The van der Waals surface area contributed by atoms with Gasteiger partial charge in [0.1, 0.15) is 84.4 Å². The molecule has 15 atom stereocenters. The molecule has 2 aromatic rings. The van der Waals surface area contributed by atoms with Crippen molar-refractivity contribution in [3.8, 4) is 0 Å². The maximum atomic E-state index is 14.6. The molecule has 0 aliphatic rings. The number of amides is 19. The third-order valence-corrected chi connectivity index (χ3v) is 20.3. The number of nitrogens with two attached hydrogens (primary N) is 10. The van der Waals surface area contributed by atoms with E-state index >= 15 is 0 Å². The second-order valence-corrected chi connectivity index (χ2v) is 31.8. The van der Waals surface area contributed by atoms with Crippen molar-refractivity contribution in [1.82, 2.24) is 101 Å². The van der Waals surface area contributed by atoms with E-state index in [4.69, 9.17) is 73.6 Å². The molecule has 44 N–H and O–H groups in total. The zero-order valence-corrected chi connectivity index (χ0v) is 76.4. The van der Waals surface area contributed by atoms with Crippen LogP contribution in [0.5, 0.6) is 0 Å². The van der Waals surface area contributed by atoms with Gasteiger partial charge in [-0.3, -0.25) is 107 Å². The van der Waals surface area contributed by atoms with E-state index in [2.05, 4.69) is 101 Å². The summed E-state index contributed by atoms with van der Waals surface area (Å²) < 4.78 is 13.9. The van der Waals surface area contributed by atoms with Crippen LogP contribution in [0, 0.1) is 22.0 Å². The van der Waals surface area contributed by atoms with Crippen LogP contribution >= 0.6 is 0 Å². The van der Waals surface area contributed by atoms with Crippen molar-refractivity contribution in [1.29, 1.82) is 16.2 Å². The van der Waals surface area contributed by atoms with E-state index in [0.29, 0.717) is 18.4 Å². The summed E-state index contributed by atoms with van der Waals surface area (Å²) in [5.41, 5.74) is 57.0. The number of hydrogen-bond donors (Lipinski definition) is 34. The molecule has 54 heteroatoms. The number of nitrogens with one attached hydrogen (secondary N) is 22. The van der Waals surface area contributed by atoms with Gasteiger partial charge >= 0.3 is 0 Å². The zero-order valence-electron chi connectivity index (χ0n) is 76.4. The van der Waals surface area contributed by atoms with Crippen molar-refractivity contribution in [2.24, 2.45) is 57.3 Å². The number of rotatable bonds is 68. The fourth-order valence-corrected chi connectivity index (χ4v) is 12.8. The molecule has 0 bridgehead atoms. The maximum absolute atomic E-state index is 14.6. The van der Waals surface area contributed by atoms with Crippen LogP contribution in [-0.2, 0) is 104 Å². The fraction of sp³-hybridized carbons (Fsp3) is 0.585. The van der Waals surface area contributed by atoms with Crippen LogP contribution in [0.25, 0.3) is 0 Å². The maximum Gasteiger partial charge on any atom is 0.245 e. The Morgan fingerprint density at radius 1 is 0.338 bits per heavy atom. The van der Waals surface area contributed by atoms with Crippen LogP contribution in [0.15, 0.2) is 54.6 Å². The fourth-order valence-electron chi connectivity index (χ4n) is 12.8. The van der Waals surface area contributed by atoms with Gasteiger partial charge in [-0.15, -0.1) is 0 Å². The van der Waals surface area contributed by atoms with Crippen molar-refractivity contribution in [3.05, 3.63) is 71.5 Å². The molecule has 0 aliphatic heterocycles. The van der Waals surface area contributed by atoms with Crippen LogP contribution in [0.4, 0.5) is 4.39 Å². The molecule has 0 aliphatic carbocycles. The van der Waals surface area contributed by atoms with Crippen LogP contribution in [-0.4, -0.2) is 297 Å². The highest BCUT2D eigenvalue weighted by Crippen LogP contribution is 2.14. The quantitative estimate of drug-likeness (QED) is 0.0166. The first-order chi connectivity index (χ1) is 64.3. The first kappa shape index (κ1) is 118. The highest BCUT2D eigenvalue weighted by molar-refractivity contribution is 6.01. The Morgan fingerprint density at radius 3 is 1.08 bits per heavy atom. The molecule has 136 heavy (non-hydrogen) atoms. The van der Waals surface area contributed by atoms with Crippen LogP contribution in [0.2, 0.25) is 0 Å². The molecule has 0 saturated carbocycles. The normalized spacial score (nSPS) is 14.2. The molecule has 0 unspecified atom stereocenters. The second-order valence-electron chi connectivity index (χ2n) is 31.8. The molecular formula is C82H137FN32O21. The van der Waals surface area contributed by atoms with E-state index in [1.807, 2.05) is 0 Å². The van der Waals surface area contributed by atoms with Crippen LogP contribution < -0.4 is 158 Å². The lowest BCUT2D eigenvalue weighted by Gasteiger charge is -2.28. The Hall–Kier alpha value is -14.1. The van der Waals surface area contributed by atoms with E-state index in [9.17, 15) is 106 Å². The summed E-state index contributed by atoms with van der Waals surface area (Å²) >= 11 is 0. The lowest BCUT2D eigenvalue weighted by molar-refractivity contribution is -0.136. The molecule has 2 rings (SSSR count). The van der Waals surface area contributed by atoms with Gasteiger partial charge in [-0.1, -0.05) is 42.5 Å². The number of aliphatic hydroxyl groups is 2. The summed E-state index contributed by atoms with van der Waals surface area (Å²) in [6.45, 7) is 0.317. The molecule has 19 amide bonds. The summed E-state index contributed by atoms with van der Waals surface area (Å²) in [5.74, 6) is -21.3. The minimum Gasteiger partial charge on any atom is -0.394 e. The van der Waals surface area contributed by atoms with E-state index < -0.39 is 266 Å². The zero-order chi connectivity index (χ0) is 102. The summed E-state index contributed by atoms with van der Waals surface area (Å²) in [6.07, 6.45) is -3.29. The second kappa shape index (κ2) is 64.7. The van der Waals surface area contributed by atoms with E-state index in [0.717, 1.165) is 31.5 Å². The third-order valence-electron chi connectivity index (χ3n) is 20.3. The molecule has 0 radical (unpaired) electrons.